The number of hydrogen-bond acceptors (Lipinski definition) is 6. The molecule has 4 atom stereocenters. The van der Waals surface area contributed by atoms with Crippen LogP contribution in [0.15, 0.2) is 12.3 Å². The third-order valence-electron chi connectivity index (χ3n) is 10.2. The molecule has 45 heavy (non-hydrogen) atoms. The average Bonchev–Trinajstić information content (AvgIpc) is 3.76. The van der Waals surface area contributed by atoms with Crippen molar-refractivity contribution in [2.75, 3.05) is 14.2 Å². The molecule has 5 heterocycles. The second kappa shape index (κ2) is 11.4. The van der Waals surface area contributed by atoms with Crippen molar-refractivity contribution >= 4 is 47.6 Å². The zero-order valence-electron chi connectivity index (χ0n) is 27.0. The van der Waals surface area contributed by atoms with Gasteiger partial charge in [0.05, 0.1) is 25.6 Å². The molecule has 0 saturated carbocycles. The standard InChI is InChI=1S/C36H42N4O5/c1-9-20-16(3)23-13-25-18(5)22(11-12-29(41)44-7)33(39-25)31-32(36(43)45-8)35(42)30-19(6)26(40-34(30)31)15-28-21(10-2)17(4)24(38-28)14-27(20)37-23/h9,13-15,18,22,32-33,37-40,42H,1,10-12H2,2-8H3/b24-14-,25-13-,28-15?/t18-,22-,32+,33?/m0/s1. The van der Waals surface area contributed by atoms with Crippen LogP contribution in [0.4, 0.5) is 0 Å². The van der Waals surface area contributed by atoms with Gasteiger partial charge in [-0.25, -0.2) is 0 Å². The molecule has 236 valence electrons. The summed E-state index contributed by atoms with van der Waals surface area (Å²) in [5.41, 5.74) is 9.77. The highest BCUT2D eigenvalue weighted by molar-refractivity contribution is 5.95. The second-order valence-corrected chi connectivity index (χ2v) is 12.4. The normalized spacial score (nSPS) is 23.4. The predicted octanol–water partition coefficient (Wildman–Crippen LogP) is 2.61. The first-order chi connectivity index (χ1) is 21.5. The maximum absolute atomic E-state index is 13.3. The summed E-state index contributed by atoms with van der Waals surface area (Å²) in [6.07, 6.45) is 9.83. The number of esters is 2. The minimum absolute atomic E-state index is 0.00312. The van der Waals surface area contributed by atoms with Gasteiger partial charge < -0.3 is 34.8 Å². The van der Waals surface area contributed by atoms with Gasteiger partial charge in [-0.15, -0.1) is 0 Å². The van der Waals surface area contributed by atoms with Gasteiger partial charge in [-0.1, -0.05) is 26.5 Å². The van der Waals surface area contributed by atoms with Crippen LogP contribution in [-0.4, -0.2) is 52.3 Å². The van der Waals surface area contributed by atoms with E-state index in [1.54, 1.807) is 0 Å². The molecule has 9 heteroatoms. The molecule has 3 aromatic rings. The van der Waals surface area contributed by atoms with Crippen LogP contribution in [0.5, 0.6) is 0 Å². The first kappa shape index (κ1) is 30.4. The van der Waals surface area contributed by atoms with Crippen molar-refractivity contribution in [3.05, 3.63) is 78.4 Å². The van der Waals surface area contributed by atoms with Crippen molar-refractivity contribution in [1.82, 2.24) is 20.3 Å². The topological polar surface area (TPSA) is 132 Å². The molecule has 0 aromatic carbocycles. The molecular weight excluding hydrogens is 568 g/mol. The monoisotopic (exact) mass is 610 g/mol. The van der Waals surface area contributed by atoms with Crippen molar-refractivity contribution in [2.45, 2.75) is 59.9 Å². The van der Waals surface area contributed by atoms with E-state index in [1.165, 1.54) is 25.3 Å². The van der Waals surface area contributed by atoms with Crippen LogP contribution in [0.25, 0.3) is 35.6 Å². The molecule has 3 aromatic heterocycles. The van der Waals surface area contributed by atoms with E-state index in [2.05, 4.69) is 72.8 Å². The number of allylic oxidation sites excluding steroid dienone is 1. The molecule has 1 fully saturated rings. The molecule has 0 radical (unpaired) electrons. The van der Waals surface area contributed by atoms with Crippen molar-refractivity contribution in [3.8, 4) is 0 Å². The number of aliphatic hydroxyl groups excluding tert-OH is 1. The first-order valence-electron chi connectivity index (χ1n) is 15.6. The summed E-state index contributed by atoms with van der Waals surface area (Å²) in [4.78, 5) is 36.6. The summed E-state index contributed by atoms with van der Waals surface area (Å²) in [5, 5.41) is 18.8. The zero-order chi connectivity index (χ0) is 32.3. The van der Waals surface area contributed by atoms with Gasteiger partial charge in [-0.2, -0.15) is 0 Å². The molecular formula is C36H42N4O5. The van der Waals surface area contributed by atoms with Gasteiger partial charge in [0, 0.05) is 56.6 Å². The summed E-state index contributed by atoms with van der Waals surface area (Å²) in [7, 11) is 2.73. The van der Waals surface area contributed by atoms with Crippen molar-refractivity contribution in [2.24, 2.45) is 17.8 Å². The first-order valence-corrected chi connectivity index (χ1v) is 15.6. The maximum Gasteiger partial charge on any atom is 0.320 e. The lowest BCUT2D eigenvalue weighted by atomic mass is 9.80. The van der Waals surface area contributed by atoms with E-state index in [4.69, 9.17) is 9.47 Å². The van der Waals surface area contributed by atoms with Gasteiger partial charge in [0.25, 0.3) is 0 Å². The molecule has 3 aliphatic rings. The zero-order valence-corrected chi connectivity index (χ0v) is 27.0. The Hall–Kier alpha value is -4.66. The Morgan fingerprint density at radius 2 is 1.67 bits per heavy atom. The highest BCUT2D eigenvalue weighted by Gasteiger charge is 2.46. The summed E-state index contributed by atoms with van der Waals surface area (Å²) in [5.74, 6) is -1.89. The van der Waals surface area contributed by atoms with Crippen LogP contribution in [-0.2, 0) is 25.5 Å². The lowest BCUT2D eigenvalue weighted by Gasteiger charge is -2.26. The van der Waals surface area contributed by atoms with E-state index in [0.717, 1.165) is 62.2 Å². The van der Waals surface area contributed by atoms with E-state index >= 15 is 0 Å². The highest BCUT2D eigenvalue weighted by Crippen LogP contribution is 2.42. The summed E-state index contributed by atoms with van der Waals surface area (Å²) >= 11 is 0. The SMILES string of the molecule is C=Cc1c2[nH]c(c1C)/C=C1\NC(C3=c4[nH]c(c(C)c4=C(O)[C@@H]3C(=O)OC)C=c3[nH]/c(c(C)c3CC)=C\2)[C@@H](CCC(=O)OC)[C@@H]1C. The number of ether oxygens (including phenoxy) is 2. The number of carbonyl (C=O) groups excluding carboxylic acids is 2. The number of nitrogens with one attached hydrogen (secondary N) is 4. The Balaban J connectivity index is 1.71. The molecule has 8 bridgehead atoms. The molecule has 1 aliphatic carbocycles. The number of aliphatic hydroxyl groups is 1. The molecule has 2 aliphatic heterocycles. The van der Waals surface area contributed by atoms with Gasteiger partial charge in [-0.05, 0) is 85.6 Å². The van der Waals surface area contributed by atoms with Crippen molar-refractivity contribution in [1.29, 1.82) is 0 Å². The molecule has 1 saturated heterocycles. The summed E-state index contributed by atoms with van der Waals surface area (Å²) < 4.78 is 10.2. The lowest BCUT2D eigenvalue weighted by Crippen LogP contribution is -2.38. The van der Waals surface area contributed by atoms with Gasteiger partial charge in [0.15, 0.2) is 0 Å². The van der Waals surface area contributed by atoms with E-state index < -0.39 is 11.9 Å². The number of H-pyrrole nitrogens is 3. The van der Waals surface area contributed by atoms with Gasteiger partial charge in [0.2, 0.25) is 0 Å². The van der Waals surface area contributed by atoms with Gasteiger partial charge >= 0.3 is 11.9 Å². The van der Waals surface area contributed by atoms with Crippen molar-refractivity contribution < 1.29 is 24.2 Å². The van der Waals surface area contributed by atoms with Crippen LogP contribution < -0.4 is 26.6 Å². The molecule has 1 unspecified atom stereocenters. The summed E-state index contributed by atoms with van der Waals surface area (Å²) in [6, 6.07) is -0.368. The van der Waals surface area contributed by atoms with E-state index in [0.29, 0.717) is 17.0 Å². The highest BCUT2D eigenvalue weighted by atomic mass is 16.5. The third-order valence-corrected chi connectivity index (χ3v) is 10.2. The van der Waals surface area contributed by atoms with Crippen LogP contribution in [0.3, 0.4) is 0 Å². The molecule has 0 spiro atoms. The Morgan fingerprint density at radius 1 is 0.956 bits per heavy atom. The average molecular weight is 611 g/mol. The summed E-state index contributed by atoms with van der Waals surface area (Å²) in [6.45, 7) is 14.6. The fourth-order valence-electron chi connectivity index (χ4n) is 7.66. The van der Waals surface area contributed by atoms with E-state index in [9.17, 15) is 14.7 Å². The van der Waals surface area contributed by atoms with Crippen LogP contribution in [0.1, 0.15) is 71.6 Å². The second-order valence-electron chi connectivity index (χ2n) is 12.4. The number of fused-ring (bicyclic) bond motifs is 8. The number of rotatable bonds is 6. The quantitative estimate of drug-likeness (QED) is 0.273. The number of hydrogen-bond donors (Lipinski definition) is 5. The Kier molecular flexibility index (Phi) is 7.67. The number of aromatic amines is 3. The number of carbonyl (C=O) groups is 2. The molecule has 5 N–H and O–H groups in total. The largest absolute Gasteiger partial charge is 0.510 e. The number of methoxy groups -OCH3 is 2. The van der Waals surface area contributed by atoms with E-state index in [1.807, 2.05) is 13.0 Å². The third kappa shape index (κ3) is 4.67. The Labute approximate surface area is 262 Å². The minimum atomic E-state index is -0.973. The fraction of sp³-hybridized carbons (Fsp3) is 0.389. The number of aromatic nitrogens is 3. The fourth-order valence-corrected chi connectivity index (χ4v) is 7.66. The van der Waals surface area contributed by atoms with Crippen LogP contribution in [0.2, 0.25) is 0 Å². The molecule has 6 rings (SSSR count). The van der Waals surface area contributed by atoms with Gasteiger partial charge in [0.1, 0.15) is 11.7 Å². The predicted molar refractivity (Wildman–Crippen MR) is 175 cm³/mol. The maximum atomic E-state index is 13.3. The molecule has 9 nitrogen and oxygen atoms in total. The Morgan fingerprint density at radius 3 is 2.33 bits per heavy atom. The van der Waals surface area contributed by atoms with Crippen LogP contribution in [0, 0.1) is 38.5 Å². The van der Waals surface area contributed by atoms with Crippen molar-refractivity contribution in [3.63, 3.8) is 0 Å². The van der Waals surface area contributed by atoms with Gasteiger partial charge in [-0.3, -0.25) is 9.59 Å². The van der Waals surface area contributed by atoms with E-state index in [-0.39, 0.29) is 36.0 Å². The minimum Gasteiger partial charge on any atom is -0.510 e. The van der Waals surface area contributed by atoms with Crippen LogP contribution >= 0.6 is 0 Å². The smallest absolute Gasteiger partial charge is 0.320 e. The lowest BCUT2D eigenvalue weighted by molar-refractivity contribution is -0.142. The Bertz CT molecular complexity index is 2040. The molecule has 0 amide bonds.